The molecule has 9 heteroatoms. The molecule has 0 radical (unpaired) electrons. The maximum atomic E-state index is 11.4. The second-order valence-electron chi connectivity index (χ2n) is 7.44. The van der Waals surface area contributed by atoms with Crippen molar-refractivity contribution in [2.45, 2.75) is 26.2 Å². The van der Waals surface area contributed by atoms with Crippen LogP contribution in [0.2, 0.25) is 0 Å². The number of carbonyl (C=O) groups is 1. The SMILES string of the molecule is CC(C)c1nnc(-c2ccc(Oc3cc(C(=O)O)ccc3Cc3ccc(=O)[nH]n3)cc2)s1. The van der Waals surface area contributed by atoms with E-state index in [1.54, 1.807) is 35.6 Å². The Bertz CT molecular complexity index is 1290. The van der Waals surface area contributed by atoms with E-state index in [1.807, 2.05) is 12.1 Å². The summed E-state index contributed by atoms with van der Waals surface area (Å²) in [7, 11) is 0. The van der Waals surface area contributed by atoms with E-state index in [-0.39, 0.29) is 11.1 Å². The molecule has 0 aliphatic carbocycles. The predicted molar refractivity (Wildman–Crippen MR) is 121 cm³/mol. The normalized spacial score (nSPS) is 11.0. The third kappa shape index (κ3) is 4.89. The van der Waals surface area contributed by atoms with Gasteiger partial charge in [-0.25, -0.2) is 9.89 Å². The zero-order valence-electron chi connectivity index (χ0n) is 17.4. The van der Waals surface area contributed by atoms with Crippen molar-refractivity contribution in [1.29, 1.82) is 0 Å². The molecule has 0 aliphatic rings. The molecule has 4 aromatic rings. The van der Waals surface area contributed by atoms with Crippen molar-refractivity contribution in [1.82, 2.24) is 20.4 Å². The molecule has 0 spiro atoms. The number of hydrogen-bond donors (Lipinski definition) is 2. The number of carboxylic acids is 1. The van der Waals surface area contributed by atoms with Crippen LogP contribution in [0, 0.1) is 0 Å². The van der Waals surface area contributed by atoms with Gasteiger partial charge in [-0.05, 0) is 42.5 Å². The summed E-state index contributed by atoms with van der Waals surface area (Å²) in [6.07, 6.45) is 0.368. The molecule has 2 aromatic carbocycles. The maximum Gasteiger partial charge on any atom is 0.335 e. The summed E-state index contributed by atoms with van der Waals surface area (Å²) in [5.74, 6) is 0.237. The molecule has 2 heterocycles. The van der Waals surface area contributed by atoms with Gasteiger partial charge in [-0.3, -0.25) is 4.79 Å². The minimum Gasteiger partial charge on any atom is -0.478 e. The Balaban J connectivity index is 1.60. The number of nitrogens with zero attached hydrogens (tertiary/aromatic N) is 3. The fourth-order valence-electron chi connectivity index (χ4n) is 2.97. The monoisotopic (exact) mass is 448 g/mol. The number of carboxylic acid groups (broad SMARTS) is 1. The Morgan fingerprint density at radius 1 is 1.09 bits per heavy atom. The van der Waals surface area contributed by atoms with E-state index in [0.29, 0.717) is 29.5 Å². The lowest BCUT2D eigenvalue weighted by Crippen LogP contribution is -2.08. The largest absolute Gasteiger partial charge is 0.478 e. The highest BCUT2D eigenvalue weighted by atomic mass is 32.1. The molecule has 0 amide bonds. The number of aromatic amines is 1. The number of benzene rings is 2. The first-order valence-corrected chi connectivity index (χ1v) is 10.7. The lowest BCUT2D eigenvalue weighted by molar-refractivity contribution is 0.0696. The molecule has 0 fully saturated rings. The number of aromatic nitrogens is 4. The van der Waals surface area contributed by atoms with E-state index in [4.69, 9.17) is 4.74 Å². The first kappa shape index (κ1) is 21.4. The topological polar surface area (TPSA) is 118 Å². The second kappa shape index (κ2) is 9.11. The van der Waals surface area contributed by atoms with Crippen LogP contribution in [0.1, 0.15) is 46.4 Å². The average Bonchev–Trinajstić information content (AvgIpc) is 3.27. The van der Waals surface area contributed by atoms with Crippen LogP contribution < -0.4 is 10.3 Å². The summed E-state index contributed by atoms with van der Waals surface area (Å²) < 4.78 is 6.03. The van der Waals surface area contributed by atoms with Crippen molar-refractivity contribution < 1.29 is 14.6 Å². The van der Waals surface area contributed by atoms with Gasteiger partial charge in [-0.15, -0.1) is 10.2 Å². The van der Waals surface area contributed by atoms with E-state index in [9.17, 15) is 14.7 Å². The molecule has 0 aliphatic heterocycles. The maximum absolute atomic E-state index is 11.4. The van der Waals surface area contributed by atoms with E-state index in [1.165, 1.54) is 18.2 Å². The molecule has 162 valence electrons. The van der Waals surface area contributed by atoms with Gasteiger partial charge in [0.05, 0.1) is 11.3 Å². The van der Waals surface area contributed by atoms with Crippen LogP contribution in [0.3, 0.4) is 0 Å². The van der Waals surface area contributed by atoms with Crippen LogP contribution in [-0.2, 0) is 6.42 Å². The summed E-state index contributed by atoms with van der Waals surface area (Å²) in [5.41, 5.74) is 2.13. The Morgan fingerprint density at radius 3 is 2.50 bits per heavy atom. The van der Waals surface area contributed by atoms with Crippen molar-refractivity contribution in [2.75, 3.05) is 0 Å². The molecule has 0 bridgehead atoms. The molecule has 0 saturated carbocycles. The third-order valence-corrected chi connectivity index (χ3v) is 5.96. The molecule has 0 unspecified atom stereocenters. The highest BCUT2D eigenvalue weighted by Crippen LogP contribution is 2.32. The number of ether oxygens (including phenoxy) is 1. The van der Waals surface area contributed by atoms with Crippen molar-refractivity contribution >= 4 is 17.3 Å². The van der Waals surface area contributed by atoms with Crippen molar-refractivity contribution in [2.24, 2.45) is 0 Å². The lowest BCUT2D eigenvalue weighted by atomic mass is 10.1. The zero-order chi connectivity index (χ0) is 22.7. The van der Waals surface area contributed by atoms with Gasteiger partial charge in [0.1, 0.15) is 21.5 Å². The smallest absolute Gasteiger partial charge is 0.335 e. The van der Waals surface area contributed by atoms with Gasteiger partial charge < -0.3 is 9.84 Å². The Kier molecular flexibility index (Phi) is 6.09. The van der Waals surface area contributed by atoms with Gasteiger partial charge in [-0.1, -0.05) is 31.3 Å². The van der Waals surface area contributed by atoms with Crippen LogP contribution in [0.4, 0.5) is 0 Å². The first-order chi connectivity index (χ1) is 15.4. The highest BCUT2D eigenvalue weighted by molar-refractivity contribution is 7.14. The number of hydrogen-bond acceptors (Lipinski definition) is 7. The fraction of sp³-hybridized carbons (Fsp3) is 0.174. The van der Waals surface area contributed by atoms with Crippen molar-refractivity contribution in [3.63, 3.8) is 0 Å². The van der Waals surface area contributed by atoms with Gasteiger partial charge in [0.25, 0.3) is 5.56 Å². The summed E-state index contributed by atoms with van der Waals surface area (Å²) in [5, 5.41) is 26.1. The fourth-order valence-corrected chi connectivity index (χ4v) is 3.82. The molecule has 0 saturated heterocycles. The Labute approximate surface area is 187 Å². The van der Waals surface area contributed by atoms with Gasteiger partial charge >= 0.3 is 5.97 Å². The van der Waals surface area contributed by atoms with E-state index < -0.39 is 5.97 Å². The van der Waals surface area contributed by atoms with E-state index >= 15 is 0 Å². The van der Waals surface area contributed by atoms with Gasteiger partial charge in [-0.2, -0.15) is 5.10 Å². The minimum absolute atomic E-state index is 0.116. The lowest BCUT2D eigenvalue weighted by Gasteiger charge is -2.12. The predicted octanol–water partition coefficient (Wildman–Crippen LogP) is 4.49. The number of H-pyrrole nitrogens is 1. The molecule has 8 nitrogen and oxygen atoms in total. The number of rotatable bonds is 7. The van der Waals surface area contributed by atoms with Crippen LogP contribution in [0.25, 0.3) is 10.6 Å². The highest BCUT2D eigenvalue weighted by Gasteiger charge is 2.13. The third-order valence-electron chi connectivity index (χ3n) is 4.69. The van der Waals surface area contributed by atoms with Crippen molar-refractivity contribution in [3.05, 3.63) is 86.8 Å². The molecular weight excluding hydrogens is 428 g/mol. The van der Waals surface area contributed by atoms with Crippen LogP contribution in [0.5, 0.6) is 11.5 Å². The molecular formula is C23H20N4O4S. The number of nitrogens with one attached hydrogen (secondary N) is 1. The van der Waals surface area contributed by atoms with Crippen LogP contribution >= 0.6 is 11.3 Å². The summed E-state index contributed by atoms with van der Waals surface area (Å²) >= 11 is 1.55. The van der Waals surface area contributed by atoms with E-state index in [2.05, 4.69) is 34.2 Å². The number of aromatic carboxylic acids is 1. The van der Waals surface area contributed by atoms with Gasteiger partial charge in [0, 0.05) is 29.5 Å². The summed E-state index contributed by atoms with van der Waals surface area (Å²) in [4.78, 5) is 22.7. The quantitative estimate of drug-likeness (QED) is 0.427. The van der Waals surface area contributed by atoms with Crippen LogP contribution in [0.15, 0.2) is 59.4 Å². The van der Waals surface area contributed by atoms with Crippen LogP contribution in [-0.4, -0.2) is 31.5 Å². The Hall–Kier alpha value is -3.85. The summed E-state index contributed by atoms with van der Waals surface area (Å²) in [6.45, 7) is 4.15. The molecule has 2 aromatic heterocycles. The van der Waals surface area contributed by atoms with Crippen molar-refractivity contribution in [3.8, 4) is 22.1 Å². The molecule has 32 heavy (non-hydrogen) atoms. The summed E-state index contributed by atoms with van der Waals surface area (Å²) in [6, 6.07) is 15.1. The second-order valence-corrected chi connectivity index (χ2v) is 8.45. The molecule has 2 N–H and O–H groups in total. The minimum atomic E-state index is -1.05. The Morgan fingerprint density at radius 2 is 1.88 bits per heavy atom. The standard InChI is InChI=1S/C23H20N4O4S/c1-13(2)21-26-27-22(32-21)14-5-8-18(9-6-14)31-19-12-16(23(29)30)4-3-15(19)11-17-7-10-20(28)25-24-17/h3-10,12-13H,11H2,1-2H3,(H,25,28)(H,29,30). The first-order valence-electron chi connectivity index (χ1n) is 9.91. The molecule has 0 atom stereocenters. The molecule has 4 rings (SSSR count). The average molecular weight is 449 g/mol. The van der Waals surface area contributed by atoms with Gasteiger partial charge in [0.15, 0.2) is 0 Å². The van der Waals surface area contributed by atoms with E-state index in [0.717, 1.165) is 21.1 Å². The van der Waals surface area contributed by atoms with Gasteiger partial charge in [0.2, 0.25) is 0 Å². The zero-order valence-corrected chi connectivity index (χ0v) is 18.2.